The summed E-state index contributed by atoms with van der Waals surface area (Å²) in [5.41, 5.74) is 1.09. The number of fused-ring (bicyclic) bond motifs is 1. The Labute approximate surface area is 173 Å². The molecule has 0 bridgehead atoms. The van der Waals surface area contributed by atoms with Crippen molar-refractivity contribution in [3.05, 3.63) is 82.5 Å². The molecule has 0 unspecified atom stereocenters. The van der Waals surface area contributed by atoms with Gasteiger partial charge in [-0.2, -0.15) is 18.3 Å². The molecular formula is C21H16F3N5O2. The molecule has 0 aliphatic carbocycles. The van der Waals surface area contributed by atoms with Gasteiger partial charge in [0.1, 0.15) is 18.3 Å². The fraction of sp³-hybridized carbons (Fsp3) is 0.143. The number of benzene rings is 2. The second kappa shape index (κ2) is 7.71. The number of anilines is 1. The van der Waals surface area contributed by atoms with Crippen molar-refractivity contribution in [3.8, 4) is 5.69 Å². The van der Waals surface area contributed by atoms with Crippen LogP contribution in [0.25, 0.3) is 16.7 Å². The van der Waals surface area contributed by atoms with Gasteiger partial charge in [0.05, 0.1) is 17.4 Å². The van der Waals surface area contributed by atoms with Gasteiger partial charge < -0.3 is 5.32 Å². The highest BCUT2D eigenvalue weighted by Gasteiger charge is 2.30. The maximum absolute atomic E-state index is 12.7. The quantitative estimate of drug-likeness (QED) is 0.540. The van der Waals surface area contributed by atoms with Crippen LogP contribution >= 0.6 is 0 Å². The van der Waals surface area contributed by atoms with E-state index < -0.39 is 23.2 Å². The Bertz CT molecular complexity index is 1310. The van der Waals surface area contributed by atoms with Crippen LogP contribution in [0.3, 0.4) is 0 Å². The molecule has 0 spiro atoms. The first-order valence-electron chi connectivity index (χ1n) is 9.20. The molecule has 4 rings (SSSR count). The molecule has 2 heterocycles. The summed E-state index contributed by atoms with van der Waals surface area (Å²) in [6.45, 7) is 1.61. The van der Waals surface area contributed by atoms with Crippen LogP contribution in [0, 0.1) is 6.92 Å². The standard InChI is InChI=1S/C21H16F3N5O2/c1-13-2-8-16(9-3-13)29-19-17(10-26-29)20(31)28(12-25-19)11-18(30)27-15-6-4-14(5-7-15)21(22,23)24/h2-10,12H,11H2,1H3,(H,27,30). The van der Waals surface area contributed by atoms with Crippen LogP contribution in [0.4, 0.5) is 18.9 Å². The third-order valence-corrected chi connectivity index (χ3v) is 4.64. The van der Waals surface area contributed by atoms with Crippen molar-refractivity contribution < 1.29 is 18.0 Å². The Morgan fingerprint density at radius 3 is 2.39 bits per heavy atom. The molecule has 0 fully saturated rings. The number of carbonyl (C=O) groups is 1. The zero-order valence-electron chi connectivity index (χ0n) is 16.2. The first-order valence-corrected chi connectivity index (χ1v) is 9.20. The molecule has 0 atom stereocenters. The first-order chi connectivity index (χ1) is 14.7. The molecule has 0 saturated carbocycles. The number of aryl methyl sites for hydroxylation is 1. The molecule has 4 aromatic rings. The minimum Gasteiger partial charge on any atom is -0.325 e. The van der Waals surface area contributed by atoms with Crippen LogP contribution in [0.5, 0.6) is 0 Å². The molecular weight excluding hydrogens is 411 g/mol. The molecule has 7 nitrogen and oxygen atoms in total. The second-order valence-electron chi connectivity index (χ2n) is 6.93. The van der Waals surface area contributed by atoms with E-state index in [9.17, 15) is 22.8 Å². The number of hydrogen-bond acceptors (Lipinski definition) is 4. The number of amides is 1. The highest BCUT2D eigenvalue weighted by molar-refractivity contribution is 5.90. The average Bonchev–Trinajstić information content (AvgIpc) is 3.15. The van der Waals surface area contributed by atoms with E-state index in [1.807, 2.05) is 31.2 Å². The zero-order chi connectivity index (χ0) is 22.2. The van der Waals surface area contributed by atoms with Crippen molar-refractivity contribution in [1.29, 1.82) is 0 Å². The van der Waals surface area contributed by atoms with Gasteiger partial charge in [0.2, 0.25) is 5.91 Å². The van der Waals surface area contributed by atoms with E-state index in [0.717, 1.165) is 40.1 Å². The van der Waals surface area contributed by atoms with Crippen LogP contribution in [0.2, 0.25) is 0 Å². The van der Waals surface area contributed by atoms with E-state index in [1.54, 1.807) is 0 Å². The Kier molecular flexibility index (Phi) is 5.05. The molecule has 2 aromatic heterocycles. The van der Waals surface area contributed by atoms with Crippen molar-refractivity contribution in [3.63, 3.8) is 0 Å². The maximum Gasteiger partial charge on any atom is 0.416 e. The van der Waals surface area contributed by atoms with Crippen molar-refractivity contribution in [2.45, 2.75) is 19.6 Å². The number of halogens is 3. The van der Waals surface area contributed by atoms with Gasteiger partial charge in [-0.25, -0.2) is 9.67 Å². The Morgan fingerprint density at radius 1 is 1.06 bits per heavy atom. The lowest BCUT2D eigenvalue weighted by molar-refractivity contribution is -0.137. The average molecular weight is 427 g/mol. The fourth-order valence-corrected chi connectivity index (χ4v) is 3.03. The lowest BCUT2D eigenvalue weighted by atomic mass is 10.2. The van der Waals surface area contributed by atoms with Crippen LogP contribution < -0.4 is 10.9 Å². The van der Waals surface area contributed by atoms with Gasteiger partial charge in [-0.05, 0) is 43.3 Å². The van der Waals surface area contributed by atoms with Crippen LogP contribution in [0.1, 0.15) is 11.1 Å². The van der Waals surface area contributed by atoms with Gasteiger partial charge in [0.25, 0.3) is 5.56 Å². The third kappa shape index (κ3) is 4.18. The molecule has 31 heavy (non-hydrogen) atoms. The van der Waals surface area contributed by atoms with E-state index in [0.29, 0.717) is 5.65 Å². The van der Waals surface area contributed by atoms with Gasteiger partial charge in [0, 0.05) is 5.69 Å². The summed E-state index contributed by atoms with van der Waals surface area (Å²) in [4.78, 5) is 29.3. The number of alkyl halides is 3. The van der Waals surface area contributed by atoms with Crippen molar-refractivity contribution >= 4 is 22.6 Å². The van der Waals surface area contributed by atoms with E-state index in [2.05, 4.69) is 15.4 Å². The fourth-order valence-electron chi connectivity index (χ4n) is 3.03. The number of carbonyl (C=O) groups excluding carboxylic acids is 1. The van der Waals surface area contributed by atoms with Crippen molar-refractivity contribution in [1.82, 2.24) is 19.3 Å². The number of nitrogens with one attached hydrogen (secondary N) is 1. The van der Waals surface area contributed by atoms with Gasteiger partial charge >= 0.3 is 6.18 Å². The van der Waals surface area contributed by atoms with E-state index >= 15 is 0 Å². The molecule has 1 amide bonds. The molecule has 1 N–H and O–H groups in total. The summed E-state index contributed by atoms with van der Waals surface area (Å²) in [5.74, 6) is -0.575. The summed E-state index contributed by atoms with van der Waals surface area (Å²) in [5, 5.41) is 6.93. The molecule has 0 saturated heterocycles. The zero-order valence-corrected chi connectivity index (χ0v) is 16.2. The summed E-state index contributed by atoms with van der Waals surface area (Å²) in [7, 11) is 0. The summed E-state index contributed by atoms with van der Waals surface area (Å²) >= 11 is 0. The lowest BCUT2D eigenvalue weighted by Gasteiger charge is -2.10. The maximum atomic E-state index is 12.7. The molecule has 0 aliphatic heterocycles. The predicted octanol–water partition coefficient (Wildman–Crippen LogP) is 3.55. The number of rotatable bonds is 4. The number of aromatic nitrogens is 4. The highest BCUT2D eigenvalue weighted by Crippen LogP contribution is 2.29. The molecule has 0 aliphatic rings. The topological polar surface area (TPSA) is 81.8 Å². The molecule has 2 aromatic carbocycles. The van der Waals surface area contributed by atoms with E-state index in [4.69, 9.17) is 0 Å². The van der Waals surface area contributed by atoms with Gasteiger partial charge in [-0.3, -0.25) is 14.2 Å². The van der Waals surface area contributed by atoms with Crippen molar-refractivity contribution in [2.75, 3.05) is 5.32 Å². The van der Waals surface area contributed by atoms with E-state index in [-0.39, 0.29) is 17.6 Å². The van der Waals surface area contributed by atoms with Gasteiger partial charge in [-0.1, -0.05) is 17.7 Å². The summed E-state index contributed by atoms with van der Waals surface area (Å²) in [6.07, 6.45) is -1.84. The number of nitrogens with zero attached hydrogens (tertiary/aromatic N) is 4. The van der Waals surface area contributed by atoms with Crippen LogP contribution in [0.15, 0.2) is 65.8 Å². The highest BCUT2D eigenvalue weighted by atomic mass is 19.4. The summed E-state index contributed by atoms with van der Waals surface area (Å²) < 4.78 is 40.5. The van der Waals surface area contributed by atoms with Crippen molar-refractivity contribution in [2.24, 2.45) is 0 Å². The molecule has 10 heteroatoms. The Morgan fingerprint density at radius 2 is 1.74 bits per heavy atom. The molecule has 0 radical (unpaired) electrons. The first kappa shape index (κ1) is 20.3. The van der Waals surface area contributed by atoms with E-state index in [1.165, 1.54) is 17.2 Å². The molecule has 158 valence electrons. The predicted molar refractivity (Wildman–Crippen MR) is 108 cm³/mol. The van der Waals surface area contributed by atoms with Gasteiger partial charge in [-0.15, -0.1) is 0 Å². The second-order valence-corrected chi connectivity index (χ2v) is 6.93. The van der Waals surface area contributed by atoms with Gasteiger partial charge in [0.15, 0.2) is 5.65 Å². The Hall–Kier alpha value is -3.95. The normalized spacial score (nSPS) is 11.6. The SMILES string of the molecule is Cc1ccc(-n2ncc3c(=O)n(CC(=O)Nc4ccc(C(F)(F)F)cc4)cnc32)cc1. The number of hydrogen-bond donors (Lipinski definition) is 1. The monoisotopic (exact) mass is 427 g/mol. The summed E-state index contributed by atoms with van der Waals surface area (Å²) in [6, 6.07) is 11.6. The smallest absolute Gasteiger partial charge is 0.325 e. The lowest BCUT2D eigenvalue weighted by Crippen LogP contribution is -2.27. The Balaban J connectivity index is 1.53. The van der Waals surface area contributed by atoms with Crippen LogP contribution in [-0.4, -0.2) is 25.2 Å². The minimum atomic E-state index is -4.46. The largest absolute Gasteiger partial charge is 0.416 e. The van der Waals surface area contributed by atoms with Crippen LogP contribution in [-0.2, 0) is 17.5 Å². The third-order valence-electron chi connectivity index (χ3n) is 4.64. The minimum absolute atomic E-state index is 0.187.